The fourth-order valence-electron chi connectivity index (χ4n) is 2.95. The van der Waals surface area contributed by atoms with Crippen LogP contribution in [0.1, 0.15) is 40.3 Å². The van der Waals surface area contributed by atoms with Gasteiger partial charge in [-0.3, -0.25) is 9.78 Å². The minimum atomic E-state index is 0.0371. The van der Waals surface area contributed by atoms with Crippen molar-refractivity contribution in [3.8, 4) is 0 Å². The topological polar surface area (TPSA) is 59.0 Å². The van der Waals surface area contributed by atoms with Crippen molar-refractivity contribution in [1.29, 1.82) is 0 Å². The fourth-order valence-corrected chi connectivity index (χ4v) is 2.95. The molecule has 25 heavy (non-hydrogen) atoms. The van der Waals surface area contributed by atoms with Crippen LogP contribution in [-0.2, 0) is 6.54 Å². The largest absolute Gasteiger partial charge is 0.330 e. The van der Waals surface area contributed by atoms with Crippen LogP contribution in [0.4, 0.5) is 0 Å². The highest BCUT2D eigenvalue weighted by atomic mass is 16.2. The summed E-state index contributed by atoms with van der Waals surface area (Å²) in [6, 6.07) is 11.7. The number of carbonyl (C=O) groups is 1. The second-order valence-electron chi connectivity index (χ2n) is 6.58. The van der Waals surface area contributed by atoms with Crippen molar-refractivity contribution in [3.63, 3.8) is 0 Å². The van der Waals surface area contributed by atoms with Gasteiger partial charge in [0.15, 0.2) is 0 Å². The summed E-state index contributed by atoms with van der Waals surface area (Å²) in [4.78, 5) is 28.5. The standard InChI is InChI=1S/C20H20N4O/c1-13-14(2)23-19-11-15(6-9-18(19)22-13)20(25)24(17-7-8-17)12-16-5-3-4-10-21-16/h3-6,9-11,17H,7-8,12H2,1-2H3. The molecular formula is C20H20N4O. The smallest absolute Gasteiger partial charge is 0.254 e. The van der Waals surface area contributed by atoms with E-state index in [0.717, 1.165) is 41.0 Å². The minimum absolute atomic E-state index is 0.0371. The predicted octanol–water partition coefficient (Wildman–Crippen LogP) is 3.45. The Balaban J connectivity index is 1.66. The number of nitrogens with zero attached hydrogens (tertiary/aromatic N) is 4. The van der Waals surface area contributed by atoms with E-state index in [2.05, 4.69) is 15.0 Å². The number of hydrogen-bond acceptors (Lipinski definition) is 4. The molecule has 0 bridgehead atoms. The van der Waals surface area contributed by atoms with Crippen LogP contribution in [0.25, 0.3) is 11.0 Å². The van der Waals surface area contributed by atoms with Gasteiger partial charge in [-0.1, -0.05) is 6.07 Å². The highest BCUT2D eigenvalue weighted by Gasteiger charge is 2.33. The lowest BCUT2D eigenvalue weighted by molar-refractivity contribution is 0.0728. The predicted molar refractivity (Wildman–Crippen MR) is 96.1 cm³/mol. The van der Waals surface area contributed by atoms with E-state index in [1.54, 1.807) is 6.20 Å². The maximum Gasteiger partial charge on any atom is 0.254 e. The highest BCUT2D eigenvalue weighted by Crippen LogP contribution is 2.30. The van der Waals surface area contributed by atoms with E-state index in [9.17, 15) is 4.79 Å². The highest BCUT2D eigenvalue weighted by molar-refractivity contribution is 5.97. The average molecular weight is 332 g/mol. The van der Waals surface area contributed by atoms with Crippen molar-refractivity contribution in [2.75, 3.05) is 0 Å². The van der Waals surface area contributed by atoms with Gasteiger partial charge >= 0.3 is 0 Å². The van der Waals surface area contributed by atoms with E-state index in [0.29, 0.717) is 18.2 Å². The monoisotopic (exact) mass is 332 g/mol. The molecule has 5 heteroatoms. The van der Waals surface area contributed by atoms with Crippen molar-refractivity contribution in [2.24, 2.45) is 0 Å². The van der Waals surface area contributed by atoms with E-state index < -0.39 is 0 Å². The Morgan fingerprint density at radius 3 is 2.52 bits per heavy atom. The Labute approximate surface area is 146 Å². The number of aryl methyl sites for hydroxylation is 2. The van der Waals surface area contributed by atoms with Crippen LogP contribution >= 0.6 is 0 Å². The van der Waals surface area contributed by atoms with E-state index in [1.165, 1.54) is 0 Å². The maximum absolute atomic E-state index is 13.1. The van der Waals surface area contributed by atoms with E-state index >= 15 is 0 Å². The summed E-state index contributed by atoms with van der Waals surface area (Å²) in [7, 11) is 0. The summed E-state index contributed by atoms with van der Waals surface area (Å²) in [5.41, 5.74) is 4.97. The van der Waals surface area contributed by atoms with Crippen LogP contribution < -0.4 is 0 Å². The first kappa shape index (κ1) is 15.7. The zero-order valence-electron chi connectivity index (χ0n) is 14.4. The van der Waals surface area contributed by atoms with Gasteiger partial charge in [0.2, 0.25) is 0 Å². The molecule has 3 aromatic rings. The first-order chi connectivity index (χ1) is 12.1. The normalized spacial score (nSPS) is 13.8. The number of hydrogen-bond donors (Lipinski definition) is 0. The van der Waals surface area contributed by atoms with Gasteiger partial charge in [-0.15, -0.1) is 0 Å². The number of carbonyl (C=O) groups excluding carboxylic acids is 1. The fraction of sp³-hybridized carbons (Fsp3) is 0.300. The Hall–Kier alpha value is -2.82. The molecule has 4 rings (SSSR count). The van der Waals surface area contributed by atoms with E-state index in [1.807, 2.05) is 55.1 Å². The quantitative estimate of drug-likeness (QED) is 0.734. The number of rotatable bonds is 4. The Morgan fingerprint density at radius 1 is 1.08 bits per heavy atom. The van der Waals surface area contributed by atoms with Gasteiger partial charge in [0.1, 0.15) is 0 Å². The maximum atomic E-state index is 13.1. The molecule has 1 aliphatic rings. The van der Waals surface area contributed by atoms with Crippen LogP contribution in [0, 0.1) is 13.8 Å². The molecule has 2 heterocycles. The van der Waals surface area contributed by atoms with Gasteiger partial charge < -0.3 is 4.90 Å². The van der Waals surface area contributed by atoms with Crippen LogP contribution in [0.15, 0.2) is 42.6 Å². The van der Waals surface area contributed by atoms with Crippen molar-refractivity contribution < 1.29 is 4.79 Å². The molecule has 0 atom stereocenters. The second kappa shape index (κ2) is 6.24. The summed E-state index contributed by atoms with van der Waals surface area (Å²) < 4.78 is 0. The van der Waals surface area contributed by atoms with Crippen LogP contribution in [0.3, 0.4) is 0 Å². The van der Waals surface area contributed by atoms with E-state index in [4.69, 9.17) is 0 Å². The molecule has 0 radical (unpaired) electrons. The molecule has 1 saturated carbocycles. The SMILES string of the molecule is Cc1nc2ccc(C(=O)N(Cc3ccccn3)C3CC3)cc2nc1C. The molecule has 0 N–H and O–H groups in total. The Kier molecular flexibility index (Phi) is 3.92. The second-order valence-corrected chi connectivity index (χ2v) is 6.58. The summed E-state index contributed by atoms with van der Waals surface area (Å²) >= 11 is 0. The molecule has 0 saturated heterocycles. The lowest BCUT2D eigenvalue weighted by Crippen LogP contribution is -2.32. The molecule has 0 aliphatic heterocycles. The Morgan fingerprint density at radius 2 is 1.84 bits per heavy atom. The minimum Gasteiger partial charge on any atom is -0.330 e. The number of amides is 1. The molecule has 1 aromatic carbocycles. The molecular weight excluding hydrogens is 312 g/mol. The van der Waals surface area contributed by atoms with Crippen molar-refractivity contribution in [1.82, 2.24) is 19.9 Å². The lowest BCUT2D eigenvalue weighted by atomic mass is 10.1. The molecule has 126 valence electrons. The van der Waals surface area contributed by atoms with Crippen molar-refractivity contribution >= 4 is 16.9 Å². The van der Waals surface area contributed by atoms with Crippen molar-refractivity contribution in [3.05, 3.63) is 65.2 Å². The van der Waals surface area contributed by atoms with Crippen LogP contribution in [-0.4, -0.2) is 31.8 Å². The summed E-state index contributed by atoms with van der Waals surface area (Å²) in [6.45, 7) is 4.43. The number of fused-ring (bicyclic) bond motifs is 1. The summed E-state index contributed by atoms with van der Waals surface area (Å²) in [6.07, 6.45) is 3.89. The van der Waals surface area contributed by atoms with Gasteiger partial charge in [0.05, 0.1) is 34.7 Å². The summed E-state index contributed by atoms with van der Waals surface area (Å²) in [5.74, 6) is 0.0371. The Bertz CT molecular complexity index is 935. The molecule has 2 aromatic heterocycles. The first-order valence-electron chi connectivity index (χ1n) is 8.58. The average Bonchev–Trinajstić information content (AvgIpc) is 3.45. The van der Waals surface area contributed by atoms with Gasteiger partial charge in [0.25, 0.3) is 5.91 Å². The molecule has 1 aliphatic carbocycles. The van der Waals surface area contributed by atoms with Crippen LogP contribution in [0.5, 0.6) is 0 Å². The molecule has 1 amide bonds. The molecule has 0 spiro atoms. The molecule has 5 nitrogen and oxygen atoms in total. The summed E-state index contributed by atoms with van der Waals surface area (Å²) in [5, 5.41) is 0. The third kappa shape index (κ3) is 3.22. The van der Waals surface area contributed by atoms with Crippen molar-refractivity contribution in [2.45, 2.75) is 39.3 Å². The van der Waals surface area contributed by atoms with Gasteiger partial charge in [-0.05, 0) is 57.0 Å². The number of benzene rings is 1. The van der Waals surface area contributed by atoms with Gasteiger partial charge in [-0.25, -0.2) is 9.97 Å². The zero-order valence-corrected chi connectivity index (χ0v) is 14.4. The third-order valence-corrected chi connectivity index (χ3v) is 4.63. The van der Waals surface area contributed by atoms with Gasteiger partial charge in [-0.2, -0.15) is 0 Å². The van der Waals surface area contributed by atoms with Gasteiger partial charge in [0, 0.05) is 17.8 Å². The van der Waals surface area contributed by atoms with E-state index in [-0.39, 0.29) is 5.91 Å². The molecule has 0 unspecified atom stereocenters. The molecule has 1 fully saturated rings. The first-order valence-corrected chi connectivity index (χ1v) is 8.58. The zero-order chi connectivity index (χ0) is 17.4. The number of pyridine rings is 1. The van der Waals surface area contributed by atoms with Crippen LogP contribution in [0.2, 0.25) is 0 Å². The third-order valence-electron chi connectivity index (χ3n) is 4.63. The number of aromatic nitrogens is 3. The lowest BCUT2D eigenvalue weighted by Gasteiger charge is -2.22.